The number of rotatable bonds is 4. The summed E-state index contributed by atoms with van der Waals surface area (Å²) >= 11 is 5.74. The van der Waals surface area contributed by atoms with E-state index in [9.17, 15) is 9.18 Å². The van der Waals surface area contributed by atoms with E-state index < -0.39 is 0 Å². The SMILES string of the molecule is O=C(CCCl)N1CCCC(c2ccnc3ncc(-c4ccc(F)cc4)n23)C1. The van der Waals surface area contributed by atoms with Crippen LogP contribution in [0.15, 0.2) is 42.7 Å². The van der Waals surface area contributed by atoms with Gasteiger partial charge >= 0.3 is 0 Å². The van der Waals surface area contributed by atoms with Crippen LogP contribution < -0.4 is 0 Å². The molecule has 5 nitrogen and oxygen atoms in total. The Kier molecular flexibility index (Phi) is 5.07. The van der Waals surface area contributed by atoms with Crippen molar-refractivity contribution >= 4 is 23.3 Å². The first kappa shape index (κ1) is 17.9. The monoisotopic (exact) mass is 386 g/mol. The molecule has 3 aromatic rings. The summed E-state index contributed by atoms with van der Waals surface area (Å²) in [6.45, 7) is 1.44. The van der Waals surface area contributed by atoms with E-state index in [2.05, 4.69) is 9.97 Å². The number of alkyl halides is 1. The van der Waals surface area contributed by atoms with Gasteiger partial charge in [-0.25, -0.2) is 14.4 Å². The molecular weight excluding hydrogens is 367 g/mol. The van der Waals surface area contributed by atoms with Gasteiger partial charge in [-0.05, 0) is 43.2 Å². The van der Waals surface area contributed by atoms with E-state index in [-0.39, 0.29) is 17.6 Å². The zero-order valence-electron chi connectivity index (χ0n) is 14.8. The maximum Gasteiger partial charge on any atom is 0.234 e. The molecule has 3 heterocycles. The maximum atomic E-state index is 13.3. The van der Waals surface area contributed by atoms with Crippen LogP contribution in [0.1, 0.15) is 30.9 Å². The third-order valence-corrected chi connectivity index (χ3v) is 5.27. The molecule has 1 atom stereocenters. The Morgan fingerprint density at radius 2 is 2.04 bits per heavy atom. The number of likely N-dealkylation sites (tertiary alicyclic amines) is 1. The molecule has 0 N–H and O–H groups in total. The number of benzene rings is 1. The number of hydrogen-bond acceptors (Lipinski definition) is 3. The van der Waals surface area contributed by atoms with Crippen molar-refractivity contribution < 1.29 is 9.18 Å². The van der Waals surface area contributed by atoms with E-state index >= 15 is 0 Å². The Balaban J connectivity index is 1.72. The maximum absolute atomic E-state index is 13.3. The van der Waals surface area contributed by atoms with Gasteiger partial charge in [-0.15, -0.1) is 11.6 Å². The number of hydrogen-bond donors (Lipinski definition) is 0. The summed E-state index contributed by atoms with van der Waals surface area (Å²) in [5, 5.41) is 0. The number of amides is 1. The second-order valence-corrected chi connectivity index (χ2v) is 7.15. The minimum absolute atomic E-state index is 0.101. The third-order valence-electron chi connectivity index (χ3n) is 5.08. The first-order valence-corrected chi connectivity index (χ1v) is 9.63. The molecular formula is C20H20ClFN4O. The van der Waals surface area contributed by atoms with Crippen LogP contribution in [0.2, 0.25) is 0 Å². The minimum atomic E-state index is -0.272. The number of nitrogens with zero attached hydrogens (tertiary/aromatic N) is 4. The van der Waals surface area contributed by atoms with E-state index in [0.717, 1.165) is 36.3 Å². The third kappa shape index (κ3) is 3.54. The molecule has 1 aliphatic heterocycles. The zero-order valence-corrected chi connectivity index (χ0v) is 15.6. The second kappa shape index (κ2) is 7.64. The molecule has 1 aliphatic rings. The van der Waals surface area contributed by atoms with E-state index in [1.54, 1.807) is 24.5 Å². The summed E-state index contributed by atoms with van der Waals surface area (Å²) in [5.41, 5.74) is 2.82. The molecule has 0 radical (unpaired) electrons. The second-order valence-electron chi connectivity index (χ2n) is 6.77. The smallest absolute Gasteiger partial charge is 0.234 e. The number of carbonyl (C=O) groups excluding carboxylic acids is 1. The Bertz CT molecular complexity index is 956. The average molecular weight is 387 g/mol. The molecule has 0 spiro atoms. The van der Waals surface area contributed by atoms with Gasteiger partial charge in [-0.2, -0.15) is 0 Å². The summed E-state index contributed by atoms with van der Waals surface area (Å²) in [6, 6.07) is 8.36. The van der Waals surface area contributed by atoms with E-state index in [4.69, 9.17) is 11.6 Å². The van der Waals surface area contributed by atoms with Crippen molar-refractivity contribution in [3.8, 4) is 11.3 Å². The van der Waals surface area contributed by atoms with E-state index in [1.165, 1.54) is 12.1 Å². The van der Waals surface area contributed by atoms with Crippen molar-refractivity contribution in [2.45, 2.75) is 25.2 Å². The van der Waals surface area contributed by atoms with Crippen LogP contribution in [0.5, 0.6) is 0 Å². The van der Waals surface area contributed by atoms with Crippen LogP contribution in [-0.4, -0.2) is 44.1 Å². The highest BCUT2D eigenvalue weighted by molar-refractivity contribution is 6.18. The predicted octanol–water partition coefficient (Wildman–Crippen LogP) is 3.87. The fourth-order valence-electron chi connectivity index (χ4n) is 3.77. The van der Waals surface area contributed by atoms with Crippen LogP contribution >= 0.6 is 11.6 Å². The molecule has 27 heavy (non-hydrogen) atoms. The molecule has 0 bridgehead atoms. The molecule has 4 rings (SSSR count). The molecule has 140 valence electrons. The number of halogens is 2. The van der Waals surface area contributed by atoms with E-state index in [0.29, 0.717) is 24.6 Å². The molecule has 2 aromatic heterocycles. The Morgan fingerprint density at radius 1 is 1.22 bits per heavy atom. The lowest BCUT2D eigenvalue weighted by molar-refractivity contribution is -0.132. The van der Waals surface area contributed by atoms with Gasteiger partial charge in [0.25, 0.3) is 0 Å². The molecule has 1 fully saturated rings. The summed E-state index contributed by atoms with van der Waals surface area (Å²) in [6.07, 6.45) is 5.82. The van der Waals surface area contributed by atoms with Crippen molar-refractivity contribution in [2.75, 3.05) is 19.0 Å². The molecule has 0 saturated carbocycles. The van der Waals surface area contributed by atoms with Crippen LogP contribution in [0.25, 0.3) is 17.0 Å². The molecule has 0 aliphatic carbocycles. The largest absolute Gasteiger partial charge is 0.342 e. The number of imidazole rings is 1. The average Bonchev–Trinajstić information content (AvgIpc) is 3.13. The van der Waals surface area contributed by atoms with Crippen molar-refractivity contribution in [1.82, 2.24) is 19.3 Å². The minimum Gasteiger partial charge on any atom is -0.342 e. The molecule has 1 saturated heterocycles. The van der Waals surface area contributed by atoms with Gasteiger partial charge < -0.3 is 4.90 Å². The summed E-state index contributed by atoms with van der Waals surface area (Å²) in [7, 11) is 0. The highest BCUT2D eigenvalue weighted by Gasteiger charge is 2.26. The van der Waals surface area contributed by atoms with Crippen molar-refractivity contribution in [1.29, 1.82) is 0 Å². The molecule has 1 aromatic carbocycles. The molecule has 7 heteroatoms. The van der Waals surface area contributed by atoms with Crippen molar-refractivity contribution in [3.05, 3.63) is 54.2 Å². The first-order chi connectivity index (χ1) is 13.2. The lowest BCUT2D eigenvalue weighted by atomic mass is 9.94. The highest BCUT2D eigenvalue weighted by Crippen LogP contribution is 2.30. The number of fused-ring (bicyclic) bond motifs is 1. The molecule has 1 unspecified atom stereocenters. The fraction of sp³-hybridized carbons (Fsp3) is 0.350. The topological polar surface area (TPSA) is 50.5 Å². The lowest BCUT2D eigenvalue weighted by Gasteiger charge is -2.33. The fourth-order valence-corrected chi connectivity index (χ4v) is 3.93. The Morgan fingerprint density at radius 3 is 2.81 bits per heavy atom. The van der Waals surface area contributed by atoms with Gasteiger partial charge in [0.2, 0.25) is 11.7 Å². The quantitative estimate of drug-likeness (QED) is 0.639. The summed E-state index contributed by atoms with van der Waals surface area (Å²) < 4.78 is 15.3. The van der Waals surface area contributed by atoms with Crippen LogP contribution in [-0.2, 0) is 4.79 Å². The van der Waals surface area contributed by atoms with E-state index in [1.807, 2.05) is 15.4 Å². The highest BCUT2D eigenvalue weighted by atomic mass is 35.5. The number of aromatic nitrogens is 3. The van der Waals surface area contributed by atoms with Crippen molar-refractivity contribution in [2.24, 2.45) is 0 Å². The number of piperidine rings is 1. The first-order valence-electron chi connectivity index (χ1n) is 9.09. The number of carbonyl (C=O) groups is 1. The molecule has 1 amide bonds. The van der Waals surface area contributed by atoms with Gasteiger partial charge in [-0.3, -0.25) is 9.20 Å². The van der Waals surface area contributed by atoms with Crippen molar-refractivity contribution in [3.63, 3.8) is 0 Å². The Labute approximate surface area is 161 Å². The van der Waals surface area contributed by atoms with Crippen LogP contribution in [0, 0.1) is 5.82 Å². The van der Waals surface area contributed by atoms with Crippen LogP contribution in [0.4, 0.5) is 4.39 Å². The summed E-state index contributed by atoms with van der Waals surface area (Å²) in [4.78, 5) is 23.0. The van der Waals surface area contributed by atoms with Gasteiger partial charge in [0.15, 0.2) is 0 Å². The lowest BCUT2D eigenvalue weighted by Crippen LogP contribution is -2.39. The van der Waals surface area contributed by atoms with Gasteiger partial charge in [0.05, 0.1) is 11.9 Å². The normalized spacial score (nSPS) is 17.4. The summed E-state index contributed by atoms with van der Waals surface area (Å²) in [5.74, 6) is 0.972. The van der Waals surface area contributed by atoms with Gasteiger partial charge in [0.1, 0.15) is 5.82 Å². The predicted molar refractivity (Wildman–Crippen MR) is 102 cm³/mol. The zero-order chi connectivity index (χ0) is 18.8. The standard InChI is InChI=1S/C20H20ClFN4O/c21-9-7-19(27)25-11-1-2-15(13-25)17-8-10-23-20-24-12-18(26(17)20)14-3-5-16(22)6-4-14/h3-6,8,10,12,15H,1-2,7,9,11,13H2. The van der Waals surface area contributed by atoms with Crippen LogP contribution in [0.3, 0.4) is 0 Å². The Hall–Kier alpha value is -2.47. The van der Waals surface area contributed by atoms with Gasteiger partial charge in [-0.1, -0.05) is 0 Å². The van der Waals surface area contributed by atoms with Gasteiger partial charge in [0, 0.05) is 48.8 Å².